The van der Waals surface area contributed by atoms with Gasteiger partial charge in [0.2, 0.25) is 41.4 Å². The maximum absolute atomic E-state index is 15.2. The molecule has 3 aromatic carbocycles. The lowest BCUT2D eigenvalue weighted by molar-refractivity contribution is -0.144. The normalized spacial score (nSPS) is 21.7. The van der Waals surface area contributed by atoms with E-state index in [-0.39, 0.29) is 38.0 Å². The SMILES string of the molecule is CC(C)[C@H](NC(=O)[C@@H]1CSSC(C)(C)[C@@H](NC(=O)[C@@H](N)CC(=O)O)C(=O)N(C)[C@@H](Cc2ccccc2)C(=O)N[C@@H](Cc2c[nH]c3ccccc23)C(=O)N[C@@H](CCCCN)C(=O)N[C@@H](Cc2ccc(C#N)cc2)C(=O)N1)C(=O)O. The number of H-pyrrole nitrogens is 1. The van der Waals surface area contributed by atoms with Crippen molar-refractivity contribution in [3.05, 3.63) is 107 Å². The lowest BCUT2D eigenvalue weighted by atomic mass is 9.97. The predicted octanol–water partition coefficient (Wildman–Crippen LogP) is 1.65. The minimum Gasteiger partial charge on any atom is -0.481 e. The maximum atomic E-state index is 15.2. The van der Waals surface area contributed by atoms with E-state index in [2.05, 4.69) is 36.9 Å². The number of aromatic nitrogens is 1. The fraction of sp³-hybridized carbons (Fsp3) is 0.444. The van der Waals surface area contributed by atoms with Crippen LogP contribution in [0.2, 0.25) is 0 Å². The van der Waals surface area contributed by atoms with Gasteiger partial charge in [0.25, 0.3) is 0 Å². The maximum Gasteiger partial charge on any atom is 0.326 e. The number of para-hydroxylation sites is 1. The summed E-state index contributed by atoms with van der Waals surface area (Å²) in [6, 6.07) is 12.5. The third-order valence-electron chi connectivity index (χ3n) is 13.2. The van der Waals surface area contributed by atoms with Gasteiger partial charge in [-0.15, -0.1) is 0 Å². The van der Waals surface area contributed by atoms with Crippen LogP contribution in [0.5, 0.6) is 0 Å². The molecule has 0 radical (unpaired) electrons. The van der Waals surface area contributed by atoms with Crippen molar-refractivity contribution < 1.29 is 53.4 Å². The fourth-order valence-electron chi connectivity index (χ4n) is 8.65. The number of carbonyl (C=O) groups excluding carboxylic acids is 7. The molecule has 7 amide bonds. The van der Waals surface area contributed by atoms with Crippen LogP contribution >= 0.6 is 21.6 Å². The Morgan fingerprint density at radius 1 is 0.808 bits per heavy atom. The smallest absolute Gasteiger partial charge is 0.326 e. The third-order valence-corrected chi connectivity index (χ3v) is 16.5. The van der Waals surface area contributed by atoms with Crippen molar-refractivity contribution in [2.45, 2.75) is 126 Å². The first-order valence-electron chi connectivity index (χ1n) is 25.4. The second kappa shape index (κ2) is 28.8. The Labute approximate surface area is 460 Å². The van der Waals surface area contributed by atoms with Crippen LogP contribution < -0.4 is 43.4 Å². The van der Waals surface area contributed by atoms with E-state index < -0.39 is 119 Å². The van der Waals surface area contributed by atoms with Crippen LogP contribution in [-0.2, 0) is 62.4 Å². The number of benzene rings is 3. The number of unbranched alkanes of at least 4 members (excludes halogenated alkanes) is 1. The van der Waals surface area contributed by atoms with E-state index in [1.54, 1.807) is 82.4 Å². The molecule has 0 spiro atoms. The lowest BCUT2D eigenvalue weighted by Gasteiger charge is -2.38. The molecule has 0 bridgehead atoms. The van der Waals surface area contributed by atoms with Crippen LogP contribution in [-0.4, -0.2) is 146 Å². The van der Waals surface area contributed by atoms with Crippen LogP contribution in [0.3, 0.4) is 0 Å². The highest BCUT2D eigenvalue weighted by Gasteiger charge is 2.44. The Morgan fingerprint density at radius 3 is 2.05 bits per heavy atom. The number of carboxylic acids is 2. The van der Waals surface area contributed by atoms with Crippen molar-refractivity contribution in [1.82, 2.24) is 41.8 Å². The van der Waals surface area contributed by atoms with Gasteiger partial charge in [-0.2, -0.15) is 5.26 Å². The van der Waals surface area contributed by atoms with E-state index in [4.69, 9.17) is 11.5 Å². The number of rotatable bonds is 18. The molecule has 0 unspecified atom stereocenters. The van der Waals surface area contributed by atoms with E-state index in [1.807, 2.05) is 24.3 Å². The number of aromatic amines is 1. The molecule has 8 atom stereocenters. The molecule has 1 aliphatic rings. The van der Waals surface area contributed by atoms with Gasteiger partial charge >= 0.3 is 11.9 Å². The number of nitrogens with one attached hydrogen (secondary N) is 7. The van der Waals surface area contributed by atoms with Crippen LogP contribution in [0.4, 0.5) is 0 Å². The monoisotopic (exact) mass is 1110 g/mol. The first kappa shape index (κ1) is 61.4. The zero-order chi connectivity index (χ0) is 57.3. The van der Waals surface area contributed by atoms with Crippen molar-refractivity contribution in [2.24, 2.45) is 17.4 Å². The van der Waals surface area contributed by atoms with Gasteiger partial charge in [0.05, 0.1) is 24.1 Å². The van der Waals surface area contributed by atoms with Crippen LogP contribution in [0.25, 0.3) is 10.9 Å². The Balaban J connectivity index is 1.69. The molecule has 78 heavy (non-hydrogen) atoms. The molecule has 1 aromatic heterocycles. The Morgan fingerprint density at radius 2 is 1.41 bits per heavy atom. The van der Waals surface area contributed by atoms with Gasteiger partial charge in [0.15, 0.2) is 0 Å². The van der Waals surface area contributed by atoms with Gasteiger partial charge in [-0.1, -0.05) is 96.1 Å². The minimum atomic E-state index is -1.62. The molecular weight excluding hydrogens is 1040 g/mol. The van der Waals surface area contributed by atoms with Gasteiger partial charge in [-0.3, -0.25) is 38.4 Å². The second-order valence-corrected chi connectivity index (χ2v) is 22.9. The van der Waals surface area contributed by atoms with E-state index in [0.29, 0.717) is 35.1 Å². The molecule has 418 valence electrons. The molecule has 1 aliphatic heterocycles. The average molecular weight is 1110 g/mol. The van der Waals surface area contributed by atoms with Crippen molar-refractivity contribution >= 4 is 85.8 Å². The van der Waals surface area contributed by atoms with Gasteiger partial charge in [-0.25, -0.2) is 4.79 Å². The molecule has 24 heteroatoms. The molecule has 0 saturated carbocycles. The lowest BCUT2D eigenvalue weighted by Crippen LogP contribution is -2.63. The van der Waals surface area contributed by atoms with E-state index in [9.17, 15) is 49.0 Å². The van der Waals surface area contributed by atoms with E-state index >= 15 is 9.59 Å². The van der Waals surface area contributed by atoms with Gasteiger partial charge in [-0.05, 0) is 80.5 Å². The Hall–Kier alpha value is -7.46. The van der Waals surface area contributed by atoms with Crippen LogP contribution in [0.15, 0.2) is 85.1 Å². The van der Waals surface area contributed by atoms with Crippen molar-refractivity contribution in [2.75, 3.05) is 19.3 Å². The number of nitrogens with two attached hydrogens (primary N) is 2. The quantitative estimate of drug-likeness (QED) is 0.0498. The number of hydrogen-bond donors (Lipinski definition) is 11. The van der Waals surface area contributed by atoms with Gasteiger partial charge < -0.3 is 63.5 Å². The molecule has 1 saturated heterocycles. The summed E-state index contributed by atoms with van der Waals surface area (Å²) in [5.74, 6) is -9.70. The second-order valence-electron chi connectivity index (χ2n) is 19.9. The average Bonchev–Trinajstić information content (AvgIpc) is 3.81. The fourth-order valence-corrected chi connectivity index (χ4v) is 11.5. The minimum absolute atomic E-state index is 0.0191. The number of likely N-dealkylation sites (N-methyl/N-ethyl adjacent to an activating group) is 1. The highest BCUT2D eigenvalue weighted by Crippen LogP contribution is 2.39. The van der Waals surface area contributed by atoms with E-state index in [1.165, 1.54) is 19.2 Å². The number of carbonyl (C=O) groups is 9. The summed E-state index contributed by atoms with van der Waals surface area (Å²) in [6.07, 6.45) is 1.27. The molecule has 2 heterocycles. The van der Waals surface area contributed by atoms with Crippen LogP contribution in [0.1, 0.15) is 75.6 Å². The summed E-state index contributed by atoms with van der Waals surface area (Å²) in [7, 11) is 3.28. The van der Waals surface area contributed by atoms with Crippen molar-refractivity contribution in [1.29, 1.82) is 5.26 Å². The summed E-state index contributed by atoms with van der Waals surface area (Å²) in [4.78, 5) is 131. The van der Waals surface area contributed by atoms with Crippen molar-refractivity contribution in [3.63, 3.8) is 0 Å². The highest BCUT2D eigenvalue weighted by molar-refractivity contribution is 8.77. The number of aliphatic carboxylic acids is 2. The largest absolute Gasteiger partial charge is 0.481 e. The molecule has 5 rings (SSSR count). The third kappa shape index (κ3) is 17.3. The number of nitriles is 1. The van der Waals surface area contributed by atoms with Gasteiger partial charge in [0, 0.05) is 53.9 Å². The number of fused-ring (bicyclic) bond motifs is 1. The zero-order valence-electron chi connectivity index (χ0n) is 44.1. The summed E-state index contributed by atoms with van der Waals surface area (Å²) < 4.78 is -1.42. The number of hydrogen-bond acceptors (Lipinski definition) is 14. The Kier molecular flexibility index (Phi) is 22.7. The number of amides is 7. The first-order chi connectivity index (χ1) is 37.0. The molecule has 1 fully saturated rings. The molecule has 22 nitrogen and oxygen atoms in total. The number of carboxylic acid groups (broad SMARTS) is 2. The predicted molar refractivity (Wildman–Crippen MR) is 295 cm³/mol. The molecule has 4 aromatic rings. The zero-order valence-corrected chi connectivity index (χ0v) is 45.7. The molecule has 13 N–H and O–H groups in total. The molecule has 0 aliphatic carbocycles. The highest BCUT2D eigenvalue weighted by atomic mass is 33.1. The number of nitrogens with zero attached hydrogens (tertiary/aromatic N) is 2. The van der Waals surface area contributed by atoms with Gasteiger partial charge in [0.1, 0.15) is 42.3 Å². The Bertz CT molecular complexity index is 2820. The summed E-state index contributed by atoms with van der Waals surface area (Å²) in [5.41, 5.74) is 14.7. The summed E-state index contributed by atoms with van der Waals surface area (Å²) in [6.45, 7) is 6.55. The standard InChI is InChI=1S/C54H69N11O11S2/c1-30(2)44(53(75)76)63-50(72)41-29-77-78-54(3,4)45(64-46(68)36(57)26-43(66)67)52(74)65(5)42(24-31-13-7-6-8-14-31)51(73)61-40(25-34-28-58-37-16-10-9-15-35(34)37)49(71)59-38(17-11-12-22-55)47(69)60-39(48(70)62-41)23-32-18-20-33(27-56)21-19-32/h6-10,13-16,18-21,28,30,36,38-42,44-45,58H,11-12,17,22-26,29,55,57H2,1-5H3,(H,59,71)(H,60,69)(H,61,73)(H,62,70)(H,63,72)(H,64,68)(H,66,67)(H,75,76)/t36-,38-,39-,40-,41-,42-,44-,45-/m0/s1. The topological polar surface area (TPSA) is 361 Å². The molecular formula is C54H69N11O11S2. The van der Waals surface area contributed by atoms with E-state index in [0.717, 1.165) is 37.4 Å². The summed E-state index contributed by atoms with van der Waals surface area (Å²) in [5, 5.41) is 46.1. The van der Waals surface area contributed by atoms with Crippen LogP contribution in [0, 0.1) is 17.2 Å². The van der Waals surface area contributed by atoms with Crippen molar-refractivity contribution in [3.8, 4) is 6.07 Å². The summed E-state index contributed by atoms with van der Waals surface area (Å²) >= 11 is 0. The first-order valence-corrected chi connectivity index (χ1v) is 27.7.